The molecule has 0 radical (unpaired) electrons. The van der Waals surface area contributed by atoms with Gasteiger partial charge in [0, 0.05) is 10.8 Å². The predicted molar refractivity (Wildman–Crippen MR) is 201 cm³/mol. The second-order valence-corrected chi connectivity index (χ2v) is 15.2. The van der Waals surface area contributed by atoms with Crippen LogP contribution in [0.3, 0.4) is 0 Å². The summed E-state index contributed by atoms with van der Waals surface area (Å²) >= 11 is 25.9. The molecule has 1 aliphatic heterocycles. The molecule has 6 unspecified atom stereocenters. The molecule has 14 nitrogen and oxygen atoms in total. The molecule has 3 aromatic heterocycles. The lowest BCUT2D eigenvalue weighted by Crippen LogP contribution is -2.45. The molecule has 3 aliphatic rings. The van der Waals surface area contributed by atoms with Crippen LogP contribution in [0.2, 0.25) is 0 Å². The molecule has 18 heteroatoms. The maximum absolute atomic E-state index is 13.8. The number of carbonyl (C=O) groups excluding carboxylic acids is 3. The van der Waals surface area contributed by atoms with Crippen LogP contribution in [0.1, 0.15) is 95.1 Å². The third kappa shape index (κ3) is 7.51. The molecular weight excluding hydrogens is 774 g/mol. The van der Waals surface area contributed by atoms with E-state index in [1.165, 1.54) is 40.1 Å². The van der Waals surface area contributed by atoms with Gasteiger partial charge in [-0.1, -0.05) is 18.2 Å². The smallest absolute Gasteiger partial charge is 0.339 e. The molecule has 4 heterocycles. The predicted octanol–water partition coefficient (Wildman–Crippen LogP) is 3.81. The Bertz CT molecular complexity index is 2330. The number of rotatable bonds is 9. The molecule has 2 fully saturated rings. The Hall–Kier alpha value is -4.11. The number of pyridine rings is 2. The lowest BCUT2D eigenvalue weighted by atomic mass is 9.93. The number of alkyl halides is 4. The Morgan fingerprint density at radius 2 is 1.43 bits per heavy atom. The first-order valence-corrected chi connectivity index (χ1v) is 18.9. The number of halogens is 4. The second-order valence-electron chi connectivity index (χ2n) is 12.8. The number of fused-ring (bicyclic) bond motifs is 2. The van der Waals surface area contributed by atoms with Gasteiger partial charge in [0.25, 0.3) is 22.6 Å². The summed E-state index contributed by atoms with van der Waals surface area (Å²) in [6.07, 6.45) is 10.1. The van der Waals surface area contributed by atoms with E-state index in [1.807, 2.05) is 0 Å². The maximum Gasteiger partial charge on any atom is 0.339 e. The molecule has 3 N–H and O–H groups in total. The molecule has 0 bridgehead atoms. The zero-order valence-electron chi connectivity index (χ0n) is 28.6. The van der Waals surface area contributed by atoms with Crippen LogP contribution in [-0.2, 0) is 9.47 Å². The van der Waals surface area contributed by atoms with Gasteiger partial charge in [0.05, 0.1) is 63.3 Å². The van der Waals surface area contributed by atoms with Crippen molar-refractivity contribution in [1.29, 1.82) is 0 Å². The van der Waals surface area contributed by atoms with E-state index in [0.717, 1.165) is 0 Å². The molecule has 282 valence electrons. The number of aromatic nitrogens is 4. The summed E-state index contributed by atoms with van der Waals surface area (Å²) in [7, 11) is 0. The zero-order valence-corrected chi connectivity index (χ0v) is 31.7. The Labute approximate surface area is 321 Å². The van der Waals surface area contributed by atoms with Crippen molar-refractivity contribution in [3.63, 3.8) is 0 Å². The van der Waals surface area contributed by atoms with Gasteiger partial charge in [-0.3, -0.25) is 24.3 Å². The lowest BCUT2D eigenvalue weighted by molar-refractivity contribution is 0.0511. The Kier molecular flexibility index (Phi) is 11.7. The summed E-state index contributed by atoms with van der Waals surface area (Å²) in [5, 5.41) is 6.87. The summed E-state index contributed by atoms with van der Waals surface area (Å²) < 4.78 is 11.8. The van der Waals surface area contributed by atoms with Crippen LogP contribution in [0.15, 0.2) is 37.7 Å². The fourth-order valence-electron chi connectivity index (χ4n) is 6.98. The van der Waals surface area contributed by atoms with Crippen LogP contribution in [0.4, 0.5) is 0 Å². The van der Waals surface area contributed by atoms with E-state index in [4.69, 9.17) is 55.9 Å². The number of H-pyrrole nitrogens is 3. The van der Waals surface area contributed by atoms with Crippen LogP contribution >= 0.6 is 46.4 Å². The highest BCUT2D eigenvalue weighted by Crippen LogP contribution is 2.35. The molecule has 6 rings (SSSR count). The van der Waals surface area contributed by atoms with Gasteiger partial charge in [-0.2, -0.15) is 5.10 Å². The van der Waals surface area contributed by atoms with Crippen molar-refractivity contribution in [2.24, 2.45) is 5.10 Å². The number of esters is 2. The average Bonchev–Trinajstić information content (AvgIpc) is 3.61. The van der Waals surface area contributed by atoms with Gasteiger partial charge in [0.2, 0.25) is 0 Å². The van der Waals surface area contributed by atoms with Gasteiger partial charge in [-0.05, 0) is 64.5 Å². The summed E-state index contributed by atoms with van der Waals surface area (Å²) in [5.74, 6) is -2.41. The van der Waals surface area contributed by atoms with E-state index < -0.39 is 57.4 Å². The monoisotopic (exact) mass is 808 g/mol. The van der Waals surface area contributed by atoms with Crippen molar-refractivity contribution in [3.05, 3.63) is 82.2 Å². The molecule has 1 amide bonds. The van der Waals surface area contributed by atoms with E-state index in [1.54, 1.807) is 13.8 Å². The van der Waals surface area contributed by atoms with Gasteiger partial charge in [-0.25, -0.2) is 19.3 Å². The van der Waals surface area contributed by atoms with Gasteiger partial charge in [0.1, 0.15) is 11.2 Å². The van der Waals surface area contributed by atoms with E-state index in [-0.39, 0.29) is 68.0 Å². The summed E-state index contributed by atoms with van der Waals surface area (Å²) in [4.78, 5) is 85.8. The summed E-state index contributed by atoms with van der Waals surface area (Å²) in [6, 6.07) is -1.05. The number of hydrogen-bond donors (Lipinski definition) is 3. The molecule has 3 aromatic rings. The Morgan fingerprint density at radius 1 is 0.811 bits per heavy atom. The number of nitrogens with one attached hydrogen (secondary N) is 3. The van der Waals surface area contributed by atoms with E-state index in [9.17, 15) is 28.8 Å². The zero-order chi connectivity index (χ0) is 38.1. The average molecular weight is 811 g/mol. The van der Waals surface area contributed by atoms with Crippen molar-refractivity contribution >= 4 is 87.4 Å². The number of ether oxygens (including phenoxy) is 2. The second kappa shape index (κ2) is 16.1. The fourth-order valence-corrected chi connectivity index (χ4v) is 8.27. The minimum absolute atomic E-state index is 0.0178. The molecular formula is C35H36Cl4N6O8. The highest BCUT2D eigenvalue weighted by molar-refractivity contribution is 6.23. The van der Waals surface area contributed by atoms with Crippen molar-refractivity contribution in [2.45, 2.75) is 86.0 Å². The van der Waals surface area contributed by atoms with E-state index in [2.05, 4.69) is 20.2 Å². The first kappa shape index (κ1) is 38.6. The van der Waals surface area contributed by atoms with Crippen LogP contribution in [0.5, 0.6) is 0 Å². The number of nitrogens with zero attached hydrogens (tertiary/aromatic N) is 3. The number of aromatic amines is 3. The third-order valence-corrected chi connectivity index (χ3v) is 11.3. The Balaban J connectivity index is 1.38. The highest BCUT2D eigenvalue weighted by atomic mass is 35.5. The van der Waals surface area contributed by atoms with Crippen molar-refractivity contribution in [3.8, 4) is 0 Å². The fraction of sp³-hybridized carbons (Fsp3) is 0.457. The normalized spacial score (nSPS) is 25.0. The number of hydrogen-bond acceptors (Lipinski definition) is 9. The first-order valence-electron chi connectivity index (χ1n) is 17.2. The Morgan fingerprint density at radius 3 is 2.09 bits per heavy atom. The van der Waals surface area contributed by atoms with Gasteiger partial charge < -0.3 is 19.4 Å². The number of allylic oxidation sites excluding steroid dienone is 3. The summed E-state index contributed by atoms with van der Waals surface area (Å²) in [5.41, 5.74) is -2.85. The highest BCUT2D eigenvalue weighted by Gasteiger charge is 2.41. The van der Waals surface area contributed by atoms with Gasteiger partial charge in [-0.15, -0.1) is 46.4 Å². The van der Waals surface area contributed by atoms with E-state index >= 15 is 0 Å². The van der Waals surface area contributed by atoms with Crippen LogP contribution in [0, 0.1) is 0 Å². The summed E-state index contributed by atoms with van der Waals surface area (Å²) in [6.45, 7) is 3.14. The standard InChI is InChI=1S/C35H36Cl4N6O8/c1-3-52-34(50)24-18(30(46)40-28-26(24)32(48)44(42-28)22-14-16(36)10-12-20(22)38)8-6-5-7-9-19-25(35(51)53-4-2)27-29(41-31(19)47)43-45(33(27)49)23-15-17(37)11-13-21(23)39/h5-9,16-17,20-23H,3-4,10-15H2,1-2H3,(H,40,42,46)(H2,41,43,47). The molecule has 6 atom stereocenters. The number of carbonyl (C=O) groups is 3. The molecule has 53 heavy (non-hydrogen) atoms. The molecule has 0 spiro atoms. The van der Waals surface area contributed by atoms with Crippen molar-refractivity contribution < 1.29 is 23.9 Å². The van der Waals surface area contributed by atoms with Crippen LogP contribution in [0.25, 0.3) is 23.2 Å². The molecule has 0 aromatic carbocycles. The topological polar surface area (TPSA) is 189 Å². The first-order chi connectivity index (χ1) is 25.4. The third-order valence-electron chi connectivity index (χ3n) is 9.47. The minimum atomic E-state index is -0.900. The SMILES string of the molecule is CCOC(=O)c1c2c([nH]c(=O)c1=CC=CC=Cc1c(C(=O)OCC)c3c(=O)n(C4CC(Cl)CCC4Cl)[nH]c3[nH]c1=O)=NN(C1CC(Cl)CCC1Cl)C2=O. The number of amides is 1. The van der Waals surface area contributed by atoms with Crippen LogP contribution < -0.4 is 27.4 Å². The lowest BCUT2D eigenvalue weighted by Gasteiger charge is -2.34. The quantitative estimate of drug-likeness (QED) is 0.165. The van der Waals surface area contributed by atoms with E-state index in [0.29, 0.717) is 38.5 Å². The largest absolute Gasteiger partial charge is 0.462 e. The van der Waals surface area contributed by atoms with Crippen molar-refractivity contribution in [1.82, 2.24) is 24.8 Å². The molecule has 0 saturated heterocycles. The minimum Gasteiger partial charge on any atom is -0.462 e. The molecule has 2 aliphatic carbocycles. The van der Waals surface area contributed by atoms with Gasteiger partial charge >= 0.3 is 11.9 Å². The van der Waals surface area contributed by atoms with Crippen molar-refractivity contribution in [2.75, 3.05) is 13.2 Å². The maximum atomic E-state index is 13.8. The van der Waals surface area contributed by atoms with Crippen LogP contribution in [-0.4, -0.2) is 83.4 Å². The van der Waals surface area contributed by atoms with Gasteiger partial charge in [0.15, 0.2) is 5.49 Å². The molecule has 2 saturated carbocycles.